The van der Waals surface area contributed by atoms with Crippen molar-refractivity contribution in [2.24, 2.45) is 5.92 Å². The number of benzene rings is 1. The lowest BCUT2D eigenvalue weighted by atomic mass is 9.78. The summed E-state index contributed by atoms with van der Waals surface area (Å²) in [6.07, 6.45) is 8.54. The maximum atomic E-state index is 13.8. The van der Waals surface area contributed by atoms with Crippen LogP contribution >= 0.6 is 0 Å². The molecule has 0 bridgehead atoms. The number of halogens is 1. The molecule has 0 aromatic heterocycles. The van der Waals surface area contributed by atoms with Gasteiger partial charge in [-0.05, 0) is 48.8 Å². The lowest BCUT2D eigenvalue weighted by Gasteiger charge is -2.33. The van der Waals surface area contributed by atoms with E-state index < -0.39 is 5.60 Å². The molecule has 1 unspecified atom stereocenters. The molecule has 0 saturated heterocycles. The molecule has 0 amide bonds. The van der Waals surface area contributed by atoms with Crippen molar-refractivity contribution in [2.45, 2.75) is 57.0 Å². The smallest absolute Gasteiger partial charge is 0.126 e. The third-order valence-corrected chi connectivity index (χ3v) is 4.87. The maximum absolute atomic E-state index is 13.8. The largest absolute Gasteiger partial charge is 0.385 e. The molecule has 2 aliphatic rings. The van der Waals surface area contributed by atoms with E-state index in [0.717, 1.165) is 24.0 Å². The third kappa shape index (κ3) is 1.87. The molecule has 98 valence electrons. The molecule has 2 aliphatic carbocycles. The van der Waals surface area contributed by atoms with Gasteiger partial charge in [0, 0.05) is 0 Å². The van der Waals surface area contributed by atoms with Gasteiger partial charge in [0.05, 0.1) is 5.60 Å². The lowest BCUT2D eigenvalue weighted by Crippen LogP contribution is -2.32. The Morgan fingerprint density at radius 3 is 2.56 bits per heavy atom. The minimum absolute atomic E-state index is 0.142. The first kappa shape index (κ1) is 12.2. The van der Waals surface area contributed by atoms with Crippen LogP contribution in [0.5, 0.6) is 0 Å². The van der Waals surface area contributed by atoms with E-state index in [-0.39, 0.29) is 5.82 Å². The summed E-state index contributed by atoms with van der Waals surface area (Å²) in [6.45, 7) is 0. The first-order chi connectivity index (χ1) is 8.72. The standard InChI is InChI=1S/C16H21FO/c17-15-9-5-8-14-13(15)10-11-16(14,18)12-6-3-1-2-4-7-12/h5,8-9,12,18H,1-4,6-7,10-11H2. The summed E-state index contributed by atoms with van der Waals surface area (Å²) in [5.41, 5.74) is 0.862. The van der Waals surface area contributed by atoms with Gasteiger partial charge in [-0.25, -0.2) is 4.39 Å². The van der Waals surface area contributed by atoms with Crippen molar-refractivity contribution in [3.8, 4) is 0 Å². The second-order valence-corrected chi connectivity index (χ2v) is 5.88. The Morgan fingerprint density at radius 2 is 1.83 bits per heavy atom. The predicted octanol–water partition coefficient (Wildman–Crippen LogP) is 3.93. The first-order valence-corrected chi connectivity index (χ1v) is 7.22. The monoisotopic (exact) mass is 248 g/mol. The molecule has 0 radical (unpaired) electrons. The van der Waals surface area contributed by atoms with Gasteiger partial charge in [0.1, 0.15) is 5.82 Å². The van der Waals surface area contributed by atoms with Gasteiger partial charge in [-0.3, -0.25) is 0 Å². The second kappa shape index (κ2) is 4.65. The van der Waals surface area contributed by atoms with Gasteiger partial charge >= 0.3 is 0 Å². The summed E-state index contributed by atoms with van der Waals surface area (Å²) < 4.78 is 13.8. The molecular weight excluding hydrogens is 227 g/mol. The Hall–Kier alpha value is -0.890. The fraction of sp³-hybridized carbons (Fsp3) is 0.625. The Morgan fingerprint density at radius 1 is 1.11 bits per heavy atom. The average molecular weight is 248 g/mol. The van der Waals surface area contributed by atoms with Gasteiger partial charge < -0.3 is 5.11 Å². The molecule has 2 heteroatoms. The Bertz CT molecular complexity index is 435. The number of rotatable bonds is 1. The van der Waals surface area contributed by atoms with Crippen molar-refractivity contribution < 1.29 is 9.50 Å². The van der Waals surface area contributed by atoms with Gasteiger partial charge in [0.25, 0.3) is 0 Å². The Balaban J connectivity index is 1.95. The van der Waals surface area contributed by atoms with Crippen molar-refractivity contribution in [1.82, 2.24) is 0 Å². The molecular formula is C16H21FO. The van der Waals surface area contributed by atoms with Crippen LogP contribution in [-0.4, -0.2) is 5.11 Å². The van der Waals surface area contributed by atoms with Crippen LogP contribution < -0.4 is 0 Å². The highest BCUT2D eigenvalue weighted by Gasteiger charge is 2.43. The van der Waals surface area contributed by atoms with Crippen LogP contribution in [0.15, 0.2) is 18.2 Å². The van der Waals surface area contributed by atoms with Crippen molar-refractivity contribution in [1.29, 1.82) is 0 Å². The number of hydrogen-bond acceptors (Lipinski definition) is 1. The number of hydrogen-bond donors (Lipinski definition) is 1. The minimum Gasteiger partial charge on any atom is -0.385 e. The molecule has 1 fully saturated rings. The molecule has 1 aromatic rings. The van der Waals surface area contributed by atoms with E-state index in [1.807, 2.05) is 6.07 Å². The normalized spacial score (nSPS) is 29.0. The number of aliphatic hydroxyl groups is 1. The zero-order valence-electron chi connectivity index (χ0n) is 10.8. The van der Waals surface area contributed by atoms with Crippen molar-refractivity contribution >= 4 is 0 Å². The van der Waals surface area contributed by atoms with E-state index in [2.05, 4.69) is 0 Å². The van der Waals surface area contributed by atoms with Crippen LogP contribution in [0.3, 0.4) is 0 Å². The van der Waals surface area contributed by atoms with Gasteiger partial charge in [0.2, 0.25) is 0 Å². The van der Waals surface area contributed by atoms with Crippen LogP contribution in [0.2, 0.25) is 0 Å². The Kier molecular flexibility index (Phi) is 3.14. The van der Waals surface area contributed by atoms with E-state index in [4.69, 9.17) is 0 Å². The second-order valence-electron chi connectivity index (χ2n) is 5.88. The first-order valence-electron chi connectivity index (χ1n) is 7.22. The topological polar surface area (TPSA) is 20.2 Å². The lowest BCUT2D eigenvalue weighted by molar-refractivity contribution is -0.0287. The van der Waals surface area contributed by atoms with Crippen molar-refractivity contribution in [3.63, 3.8) is 0 Å². The molecule has 18 heavy (non-hydrogen) atoms. The SMILES string of the molecule is OC1(C2CCCCCC2)CCc2c(F)cccc21. The molecule has 1 aromatic carbocycles. The molecule has 1 atom stereocenters. The predicted molar refractivity (Wildman–Crippen MR) is 69.8 cm³/mol. The third-order valence-electron chi connectivity index (χ3n) is 4.87. The molecule has 0 aliphatic heterocycles. The molecule has 1 N–H and O–H groups in total. The molecule has 1 saturated carbocycles. The van der Waals surface area contributed by atoms with Crippen LogP contribution in [-0.2, 0) is 12.0 Å². The van der Waals surface area contributed by atoms with Gasteiger partial charge in [-0.15, -0.1) is 0 Å². The summed E-state index contributed by atoms with van der Waals surface area (Å²) in [6, 6.07) is 5.18. The summed E-state index contributed by atoms with van der Waals surface area (Å²) in [7, 11) is 0. The highest BCUT2D eigenvalue weighted by atomic mass is 19.1. The van der Waals surface area contributed by atoms with Gasteiger partial charge in [-0.1, -0.05) is 37.8 Å². The highest BCUT2D eigenvalue weighted by molar-refractivity contribution is 5.38. The van der Waals surface area contributed by atoms with Crippen molar-refractivity contribution in [2.75, 3.05) is 0 Å². The fourth-order valence-corrected chi connectivity index (χ4v) is 3.85. The zero-order chi connectivity index (χ0) is 12.6. The number of fused-ring (bicyclic) bond motifs is 1. The molecule has 1 nitrogen and oxygen atoms in total. The van der Waals surface area contributed by atoms with Crippen LogP contribution in [0, 0.1) is 11.7 Å². The molecule has 3 rings (SSSR count). The zero-order valence-corrected chi connectivity index (χ0v) is 10.8. The minimum atomic E-state index is -0.762. The van der Waals surface area contributed by atoms with E-state index in [1.165, 1.54) is 31.7 Å². The summed E-state index contributed by atoms with van der Waals surface area (Å²) >= 11 is 0. The molecule has 0 spiro atoms. The molecule has 0 heterocycles. The summed E-state index contributed by atoms with van der Waals surface area (Å²) in [5.74, 6) is 0.181. The van der Waals surface area contributed by atoms with Crippen molar-refractivity contribution in [3.05, 3.63) is 35.1 Å². The van der Waals surface area contributed by atoms with E-state index >= 15 is 0 Å². The fourth-order valence-electron chi connectivity index (χ4n) is 3.85. The Labute approximate surface area is 108 Å². The van der Waals surface area contributed by atoms with E-state index in [9.17, 15) is 9.50 Å². The summed E-state index contributed by atoms with van der Waals surface area (Å²) in [4.78, 5) is 0. The maximum Gasteiger partial charge on any atom is 0.126 e. The summed E-state index contributed by atoms with van der Waals surface area (Å²) in [5, 5.41) is 11.1. The van der Waals surface area contributed by atoms with Gasteiger partial charge in [0.15, 0.2) is 0 Å². The van der Waals surface area contributed by atoms with Gasteiger partial charge in [-0.2, -0.15) is 0 Å². The quantitative estimate of drug-likeness (QED) is 0.747. The van der Waals surface area contributed by atoms with Crippen LogP contribution in [0.4, 0.5) is 4.39 Å². The highest BCUT2D eigenvalue weighted by Crippen LogP contribution is 2.47. The average Bonchev–Trinajstić information content (AvgIpc) is 2.57. The van der Waals surface area contributed by atoms with Crippen LogP contribution in [0.25, 0.3) is 0 Å². The van der Waals surface area contributed by atoms with E-state index in [0.29, 0.717) is 18.8 Å². The van der Waals surface area contributed by atoms with Crippen LogP contribution in [0.1, 0.15) is 56.1 Å². The van der Waals surface area contributed by atoms with E-state index in [1.54, 1.807) is 6.07 Å².